The van der Waals surface area contributed by atoms with Crippen LogP contribution in [0.4, 0.5) is 0 Å². The second-order valence-electron chi connectivity index (χ2n) is 5.68. The molecule has 0 fully saturated rings. The fourth-order valence-corrected chi connectivity index (χ4v) is 2.39. The largest absolute Gasteiger partial charge is 0.502 e. The first-order chi connectivity index (χ1) is 8.82. The van der Waals surface area contributed by atoms with Gasteiger partial charge in [-0.25, -0.2) is 4.79 Å². The summed E-state index contributed by atoms with van der Waals surface area (Å²) in [6.45, 7) is 7.75. The van der Waals surface area contributed by atoms with Crippen LogP contribution in [0, 0.1) is 6.92 Å². The van der Waals surface area contributed by atoms with Gasteiger partial charge in [0.25, 0.3) is 0 Å². The van der Waals surface area contributed by atoms with E-state index in [1.54, 1.807) is 0 Å². The maximum Gasteiger partial charge on any atom is 0.379 e. The lowest BCUT2D eigenvalue weighted by molar-refractivity contribution is 0.392. The molecule has 0 atom stereocenters. The minimum atomic E-state index is -0.686. The number of aromatic hydroxyl groups is 1. The van der Waals surface area contributed by atoms with E-state index in [-0.39, 0.29) is 11.2 Å². The van der Waals surface area contributed by atoms with Crippen LogP contribution in [0.25, 0.3) is 11.3 Å². The van der Waals surface area contributed by atoms with E-state index in [0.29, 0.717) is 11.3 Å². The zero-order valence-corrected chi connectivity index (χ0v) is 11.7. The van der Waals surface area contributed by atoms with Gasteiger partial charge in [0.1, 0.15) is 5.76 Å². The average Bonchev–Trinajstić information content (AvgIpc) is 2.33. The molecule has 2 rings (SSSR count). The van der Waals surface area contributed by atoms with Crippen LogP contribution in [0.3, 0.4) is 0 Å². The van der Waals surface area contributed by atoms with E-state index >= 15 is 0 Å². The highest BCUT2D eigenvalue weighted by Gasteiger charge is 2.26. The molecule has 1 aromatic heterocycles. The van der Waals surface area contributed by atoms with Crippen molar-refractivity contribution in [3.63, 3.8) is 0 Å². The lowest BCUT2D eigenvalue weighted by Crippen LogP contribution is -2.18. The summed E-state index contributed by atoms with van der Waals surface area (Å²) in [4.78, 5) is 11.8. The maximum absolute atomic E-state index is 11.8. The Morgan fingerprint density at radius 3 is 2.21 bits per heavy atom. The minimum absolute atomic E-state index is 0.287. The smallest absolute Gasteiger partial charge is 0.379 e. The minimum Gasteiger partial charge on any atom is -0.502 e. The second-order valence-corrected chi connectivity index (χ2v) is 5.68. The van der Waals surface area contributed by atoms with Crippen molar-refractivity contribution >= 4 is 0 Å². The normalized spacial score (nSPS) is 11.6. The van der Waals surface area contributed by atoms with Crippen LogP contribution in [0.5, 0.6) is 5.75 Å². The van der Waals surface area contributed by atoms with Gasteiger partial charge in [-0.15, -0.1) is 0 Å². The van der Waals surface area contributed by atoms with Gasteiger partial charge in [0, 0.05) is 16.7 Å². The Kier molecular flexibility index (Phi) is 3.23. The van der Waals surface area contributed by atoms with Crippen LogP contribution < -0.4 is 5.63 Å². The van der Waals surface area contributed by atoms with E-state index in [2.05, 4.69) is 0 Å². The Balaban J connectivity index is 2.80. The van der Waals surface area contributed by atoms with Crippen molar-refractivity contribution in [1.29, 1.82) is 0 Å². The van der Waals surface area contributed by atoms with E-state index in [4.69, 9.17) is 4.42 Å². The molecule has 0 bridgehead atoms. The van der Waals surface area contributed by atoms with Crippen molar-refractivity contribution < 1.29 is 9.52 Å². The Morgan fingerprint density at radius 2 is 1.68 bits per heavy atom. The zero-order chi connectivity index (χ0) is 14.2. The van der Waals surface area contributed by atoms with Crippen molar-refractivity contribution in [3.05, 3.63) is 51.9 Å². The van der Waals surface area contributed by atoms with Gasteiger partial charge in [-0.1, -0.05) is 51.1 Å². The molecule has 19 heavy (non-hydrogen) atoms. The van der Waals surface area contributed by atoms with E-state index in [9.17, 15) is 9.90 Å². The maximum atomic E-state index is 11.8. The van der Waals surface area contributed by atoms with Crippen LogP contribution in [0.1, 0.15) is 31.9 Å². The summed E-state index contributed by atoms with van der Waals surface area (Å²) in [7, 11) is 0. The molecule has 100 valence electrons. The van der Waals surface area contributed by atoms with Crippen molar-refractivity contribution in [2.75, 3.05) is 0 Å². The molecule has 2 aromatic rings. The summed E-state index contributed by atoms with van der Waals surface area (Å²) in [5.41, 5.74) is 1.27. The lowest BCUT2D eigenvalue weighted by Gasteiger charge is -2.23. The average molecular weight is 258 g/mol. The van der Waals surface area contributed by atoms with Crippen LogP contribution in [0.15, 0.2) is 39.5 Å². The molecule has 1 aromatic carbocycles. The van der Waals surface area contributed by atoms with Gasteiger partial charge >= 0.3 is 5.63 Å². The predicted octanol–water partition coefficient (Wildman–Crippen LogP) is 3.62. The third-order valence-electron chi connectivity index (χ3n) is 3.13. The molecule has 3 nitrogen and oxygen atoms in total. The number of rotatable bonds is 1. The molecule has 0 unspecified atom stereocenters. The molecule has 0 saturated heterocycles. The highest BCUT2D eigenvalue weighted by Crippen LogP contribution is 2.36. The van der Waals surface area contributed by atoms with Crippen LogP contribution in [0.2, 0.25) is 0 Å². The van der Waals surface area contributed by atoms with E-state index in [1.807, 2.05) is 58.0 Å². The number of hydrogen-bond acceptors (Lipinski definition) is 3. The summed E-state index contributed by atoms with van der Waals surface area (Å²) in [6, 6.07) is 9.45. The third kappa shape index (κ3) is 2.41. The van der Waals surface area contributed by atoms with Gasteiger partial charge in [0.05, 0.1) is 0 Å². The molecular formula is C16H18O3. The van der Waals surface area contributed by atoms with Crippen molar-refractivity contribution in [2.24, 2.45) is 0 Å². The van der Waals surface area contributed by atoms with Crippen LogP contribution >= 0.6 is 0 Å². The summed E-state index contributed by atoms with van der Waals surface area (Å²) >= 11 is 0. The first-order valence-electron chi connectivity index (χ1n) is 6.25. The molecule has 0 aliphatic carbocycles. The molecular weight excluding hydrogens is 240 g/mol. The third-order valence-corrected chi connectivity index (χ3v) is 3.13. The molecule has 0 spiro atoms. The quantitative estimate of drug-likeness (QED) is 0.850. The highest BCUT2D eigenvalue weighted by molar-refractivity contribution is 5.64. The van der Waals surface area contributed by atoms with Gasteiger partial charge in [-0.3, -0.25) is 0 Å². The van der Waals surface area contributed by atoms with Gasteiger partial charge in [0.2, 0.25) is 5.75 Å². The van der Waals surface area contributed by atoms with E-state index in [0.717, 1.165) is 11.1 Å². The van der Waals surface area contributed by atoms with E-state index < -0.39 is 5.63 Å². The Hall–Kier alpha value is -2.03. The van der Waals surface area contributed by atoms with Crippen LogP contribution in [-0.4, -0.2) is 5.11 Å². The highest BCUT2D eigenvalue weighted by atomic mass is 16.4. The Morgan fingerprint density at radius 1 is 1.11 bits per heavy atom. The first-order valence-corrected chi connectivity index (χ1v) is 6.25. The first kappa shape index (κ1) is 13.4. The van der Waals surface area contributed by atoms with Crippen molar-refractivity contribution in [2.45, 2.75) is 33.1 Å². The Labute approximate surface area is 112 Å². The van der Waals surface area contributed by atoms with Crippen LogP contribution in [-0.2, 0) is 5.41 Å². The van der Waals surface area contributed by atoms with Gasteiger partial charge in [0.15, 0.2) is 0 Å². The SMILES string of the molecule is Cc1c(-c2ccccc2)oc(=O)c(O)c1C(C)(C)C. The standard InChI is InChI=1S/C16H18O3/c1-10-12(16(2,3)4)13(17)15(18)19-14(10)11-8-6-5-7-9-11/h5-9,17H,1-4H3. The molecule has 0 radical (unpaired) electrons. The molecule has 1 N–H and O–H groups in total. The van der Waals surface area contributed by atoms with E-state index in [1.165, 1.54) is 0 Å². The molecule has 0 aliphatic rings. The van der Waals surface area contributed by atoms with Gasteiger partial charge < -0.3 is 9.52 Å². The molecule has 0 amide bonds. The zero-order valence-electron chi connectivity index (χ0n) is 11.7. The summed E-state index contributed by atoms with van der Waals surface area (Å²) in [6.07, 6.45) is 0. The second kappa shape index (κ2) is 4.57. The molecule has 0 saturated carbocycles. The summed E-state index contributed by atoms with van der Waals surface area (Å²) < 4.78 is 5.26. The summed E-state index contributed by atoms with van der Waals surface area (Å²) in [5, 5.41) is 9.98. The van der Waals surface area contributed by atoms with Gasteiger partial charge in [-0.05, 0) is 12.3 Å². The van der Waals surface area contributed by atoms with Crippen molar-refractivity contribution in [3.8, 4) is 17.1 Å². The topological polar surface area (TPSA) is 50.4 Å². The number of hydrogen-bond donors (Lipinski definition) is 1. The Bertz CT molecular complexity index is 646. The fraction of sp³-hybridized carbons (Fsp3) is 0.312. The number of benzene rings is 1. The summed E-state index contributed by atoms with van der Waals surface area (Å²) in [5.74, 6) is 0.234. The predicted molar refractivity (Wildman–Crippen MR) is 75.5 cm³/mol. The molecule has 0 aliphatic heterocycles. The molecule has 3 heteroatoms. The lowest BCUT2D eigenvalue weighted by atomic mass is 9.83. The molecule has 1 heterocycles. The van der Waals surface area contributed by atoms with Crippen molar-refractivity contribution in [1.82, 2.24) is 0 Å². The monoisotopic (exact) mass is 258 g/mol. The van der Waals surface area contributed by atoms with Gasteiger partial charge in [-0.2, -0.15) is 0 Å². The fourth-order valence-electron chi connectivity index (χ4n) is 2.39.